The van der Waals surface area contributed by atoms with E-state index < -0.39 is 0 Å². The number of aryl methyl sites for hydroxylation is 1. The summed E-state index contributed by atoms with van der Waals surface area (Å²) in [5.74, 6) is 0. The molecule has 3 heterocycles. The SMILES string of the molecule is Cc1nonc1-c1csc(N2CCOC(C)C2)n1. The average Bonchev–Trinajstić information content (AvgIpc) is 2.97. The second-order valence-corrected chi connectivity index (χ2v) is 5.18. The van der Waals surface area contributed by atoms with Crippen LogP contribution in [0.15, 0.2) is 10.0 Å². The van der Waals surface area contributed by atoms with Gasteiger partial charge >= 0.3 is 0 Å². The summed E-state index contributed by atoms with van der Waals surface area (Å²) in [6.45, 7) is 6.45. The van der Waals surface area contributed by atoms with Crippen molar-refractivity contribution in [2.45, 2.75) is 20.0 Å². The lowest BCUT2D eigenvalue weighted by atomic mass is 10.3. The fraction of sp³-hybridized carbons (Fsp3) is 0.545. The van der Waals surface area contributed by atoms with Gasteiger partial charge in [0.2, 0.25) is 0 Å². The maximum absolute atomic E-state index is 5.53. The van der Waals surface area contributed by atoms with Crippen LogP contribution in [0.3, 0.4) is 0 Å². The van der Waals surface area contributed by atoms with Crippen molar-refractivity contribution in [3.05, 3.63) is 11.1 Å². The normalized spacial score (nSPS) is 20.3. The van der Waals surface area contributed by atoms with Crippen molar-refractivity contribution in [2.75, 3.05) is 24.6 Å². The van der Waals surface area contributed by atoms with Gasteiger partial charge in [-0.05, 0) is 19.0 Å². The van der Waals surface area contributed by atoms with Gasteiger partial charge in [-0.25, -0.2) is 9.61 Å². The van der Waals surface area contributed by atoms with Crippen LogP contribution >= 0.6 is 11.3 Å². The lowest BCUT2D eigenvalue weighted by Gasteiger charge is -2.30. The quantitative estimate of drug-likeness (QED) is 0.824. The number of hydrogen-bond donors (Lipinski definition) is 0. The Labute approximate surface area is 109 Å². The Bertz CT molecular complexity index is 539. The van der Waals surface area contributed by atoms with Gasteiger partial charge in [0, 0.05) is 18.5 Å². The molecule has 3 rings (SSSR count). The smallest absolute Gasteiger partial charge is 0.186 e. The van der Waals surface area contributed by atoms with Crippen LogP contribution in [0.5, 0.6) is 0 Å². The number of morpholine rings is 1. The molecule has 0 amide bonds. The second kappa shape index (κ2) is 4.66. The van der Waals surface area contributed by atoms with Gasteiger partial charge in [-0.3, -0.25) is 0 Å². The number of nitrogens with zero attached hydrogens (tertiary/aromatic N) is 4. The Hall–Kier alpha value is -1.47. The van der Waals surface area contributed by atoms with Gasteiger partial charge in [0.05, 0.1) is 12.7 Å². The first-order chi connectivity index (χ1) is 8.74. The Morgan fingerprint density at radius 3 is 3.06 bits per heavy atom. The van der Waals surface area contributed by atoms with Crippen molar-refractivity contribution in [2.24, 2.45) is 0 Å². The van der Waals surface area contributed by atoms with Crippen LogP contribution in [0.4, 0.5) is 5.13 Å². The van der Waals surface area contributed by atoms with E-state index in [2.05, 4.69) is 27.1 Å². The zero-order valence-electron chi connectivity index (χ0n) is 10.3. The molecule has 1 aliphatic heterocycles. The molecule has 7 heteroatoms. The molecular formula is C11H14N4O2S. The summed E-state index contributed by atoms with van der Waals surface area (Å²) in [4.78, 5) is 6.84. The Morgan fingerprint density at radius 2 is 2.33 bits per heavy atom. The van der Waals surface area contributed by atoms with Crippen molar-refractivity contribution in [1.82, 2.24) is 15.3 Å². The maximum atomic E-state index is 5.53. The standard InChI is InChI=1S/C11H14N4O2S/c1-7-5-15(3-4-16-7)11-12-9(6-18-11)10-8(2)13-17-14-10/h6-7H,3-5H2,1-2H3. The van der Waals surface area contributed by atoms with Crippen LogP contribution < -0.4 is 4.90 Å². The highest BCUT2D eigenvalue weighted by Crippen LogP contribution is 2.28. The second-order valence-electron chi connectivity index (χ2n) is 4.34. The first kappa shape index (κ1) is 11.6. The Morgan fingerprint density at radius 1 is 1.44 bits per heavy atom. The van der Waals surface area contributed by atoms with Gasteiger partial charge in [-0.15, -0.1) is 11.3 Å². The van der Waals surface area contributed by atoms with Crippen LogP contribution in [0.25, 0.3) is 11.4 Å². The molecular weight excluding hydrogens is 252 g/mol. The van der Waals surface area contributed by atoms with E-state index in [0.717, 1.165) is 41.9 Å². The molecule has 0 bridgehead atoms. The summed E-state index contributed by atoms with van der Waals surface area (Å²) in [5, 5.41) is 10.6. The van der Waals surface area contributed by atoms with Crippen LogP contribution in [0, 0.1) is 6.92 Å². The number of ether oxygens (including phenoxy) is 1. The summed E-state index contributed by atoms with van der Waals surface area (Å²) in [6.07, 6.45) is 0.251. The van der Waals surface area contributed by atoms with Gasteiger partial charge in [-0.1, -0.05) is 5.16 Å². The molecule has 1 fully saturated rings. The van der Waals surface area contributed by atoms with E-state index in [4.69, 9.17) is 9.37 Å². The first-order valence-electron chi connectivity index (χ1n) is 5.85. The van der Waals surface area contributed by atoms with Crippen molar-refractivity contribution in [3.63, 3.8) is 0 Å². The monoisotopic (exact) mass is 266 g/mol. The minimum absolute atomic E-state index is 0.251. The number of thiazole rings is 1. The highest BCUT2D eigenvalue weighted by molar-refractivity contribution is 7.14. The molecule has 1 atom stereocenters. The molecule has 0 aromatic carbocycles. The lowest BCUT2D eigenvalue weighted by Crippen LogP contribution is -2.41. The van der Waals surface area contributed by atoms with E-state index in [9.17, 15) is 0 Å². The number of rotatable bonds is 2. The maximum Gasteiger partial charge on any atom is 0.186 e. The molecule has 0 N–H and O–H groups in total. The first-order valence-corrected chi connectivity index (χ1v) is 6.73. The van der Waals surface area contributed by atoms with Crippen molar-refractivity contribution in [1.29, 1.82) is 0 Å². The molecule has 96 valence electrons. The fourth-order valence-corrected chi connectivity index (χ4v) is 2.82. The third-order valence-corrected chi connectivity index (χ3v) is 3.80. The van der Waals surface area contributed by atoms with E-state index in [-0.39, 0.29) is 6.10 Å². The highest BCUT2D eigenvalue weighted by atomic mass is 32.1. The van der Waals surface area contributed by atoms with Gasteiger partial charge in [-0.2, -0.15) is 0 Å². The molecule has 0 saturated carbocycles. The fourth-order valence-electron chi connectivity index (χ4n) is 1.97. The summed E-state index contributed by atoms with van der Waals surface area (Å²) < 4.78 is 10.2. The molecule has 0 radical (unpaired) electrons. The molecule has 6 nitrogen and oxygen atoms in total. The molecule has 1 saturated heterocycles. The van der Waals surface area contributed by atoms with E-state index in [1.54, 1.807) is 11.3 Å². The number of hydrogen-bond acceptors (Lipinski definition) is 7. The van der Waals surface area contributed by atoms with Crippen LogP contribution in [-0.2, 0) is 4.74 Å². The third-order valence-electron chi connectivity index (χ3n) is 2.90. The number of aromatic nitrogens is 3. The summed E-state index contributed by atoms with van der Waals surface area (Å²) in [5.41, 5.74) is 2.31. The lowest BCUT2D eigenvalue weighted by molar-refractivity contribution is 0.0532. The molecule has 18 heavy (non-hydrogen) atoms. The van der Waals surface area contributed by atoms with Crippen molar-refractivity contribution < 1.29 is 9.37 Å². The van der Waals surface area contributed by atoms with Gasteiger partial charge in [0.15, 0.2) is 10.8 Å². The molecule has 0 spiro atoms. The predicted molar refractivity (Wildman–Crippen MR) is 67.8 cm³/mol. The Balaban J connectivity index is 1.83. The minimum Gasteiger partial charge on any atom is -0.375 e. The van der Waals surface area contributed by atoms with Gasteiger partial charge in [0.25, 0.3) is 0 Å². The van der Waals surface area contributed by atoms with Crippen molar-refractivity contribution >= 4 is 16.5 Å². The summed E-state index contributed by atoms with van der Waals surface area (Å²) >= 11 is 1.61. The van der Waals surface area contributed by atoms with Crippen molar-refractivity contribution in [3.8, 4) is 11.4 Å². The van der Waals surface area contributed by atoms with E-state index in [1.807, 2.05) is 12.3 Å². The van der Waals surface area contributed by atoms with Gasteiger partial charge in [0.1, 0.15) is 11.4 Å². The molecule has 0 aliphatic carbocycles. The van der Waals surface area contributed by atoms with E-state index in [0.29, 0.717) is 0 Å². The highest BCUT2D eigenvalue weighted by Gasteiger charge is 2.20. The molecule has 2 aromatic rings. The van der Waals surface area contributed by atoms with Crippen LogP contribution in [0.2, 0.25) is 0 Å². The molecule has 1 aliphatic rings. The Kier molecular flexibility index (Phi) is 3.00. The zero-order chi connectivity index (χ0) is 12.5. The average molecular weight is 266 g/mol. The third kappa shape index (κ3) is 2.11. The summed E-state index contributed by atoms with van der Waals surface area (Å²) in [6, 6.07) is 0. The topological polar surface area (TPSA) is 64.3 Å². The van der Waals surface area contributed by atoms with E-state index >= 15 is 0 Å². The molecule has 1 unspecified atom stereocenters. The number of anilines is 1. The van der Waals surface area contributed by atoms with E-state index in [1.165, 1.54) is 0 Å². The van der Waals surface area contributed by atoms with Crippen LogP contribution in [-0.4, -0.2) is 41.1 Å². The zero-order valence-corrected chi connectivity index (χ0v) is 11.1. The minimum atomic E-state index is 0.251. The largest absolute Gasteiger partial charge is 0.375 e. The van der Waals surface area contributed by atoms with Crippen LogP contribution in [0.1, 0.15) is 12.6 Å². The van der Waals surface area contributed by atoms with Gasteiger partial charge < -0.3 is 9.64 Å². The molecule has 2 aromatic heterocycles. The predicted octanol–water partition coefficient (Wildman–Crippen LogP) is 1.73. The summed E-state index contributed by atoms with van der Waals surface area (Å²) in [7, 11) is 0.